The summed E-state index contributed by atoms with van der Waals surface area (Å²) in [6.45, 7) is 11.7. The van der Waals surface area contributed by atoms with Crippen LogP contribution in [0.3, 0.4) is 0 Å². The molecule has 2 aromatic rings. The topological polar surface area (TPSA) is 109 Å². The van der Waals surface area contributed by atoms with Crippen LogP contribution in [-0.4, -0.2) is 52.8 Å². The SMILES string of the molecule is CC(C)N(C(=O)c1ccc(OCCCCCOc2ccc(C#N)cc2)cc1OC(C)(C)C(=O)O)C(C)C. The van der Waals surface area contributed by atoms with E-state index in [-0.39, 0.29) is 23.7 Å². The Morgan fingerprint density at radius 1 is 0.919 bits per heavy atom. The molecule has 8 heteroatoms. The molecule has 0 saturated heterocycles. The summed E-state index contributed by atoms with van der Waals surface area (Å²) in [5.74, 6) is 0.0504. The molecule has 1 amide bonds. The molecule has 0 aliphatic carbocycles. The van der Waals surface area contributed by atoms with E-state index in [2.05, 4.69) is 6.07 Å². The van der Waals surface area contributed by atoms with Crippen LogP contribution in [0.25, 0.3) is 0 Å². The first-order valence-electron chi connectivity index (χ1n) is 12.6. The average molecular weight is 511 g/mol. The molecule has 1 N–H and O–H groups in total. The van der Waals surface area contributed by atoms with Crippen molar-refractivity contribution in [2.75, 3.05) is 13.2 Å². The Morgan fingerprint density at radius 2 is 1.46 bits per heavy atom. The molecule has 2 aromatic carbocycles. The number of carbonyl (C=O) groups excluding carboxylic acids is 1. The summed E-state index contributed by atoms with van der Waals surface area (Å²) in [6.07, 6.45) is 2.53. The minimum absolute atomic E-state index is 0.0374. The van der Waals surface area contributed by atoms with E-state index in [4.69, 9.17) is 19.5 Å². The molecule has 200 valence electrons. The van der Waals surface area contributed by atoms with Gasteiger partial charge in [-0.3, -0.25) is 4.79 Å². The number of hydrogen-bond donors (Lipinski definition) is 1. The van der Waals surface area contributed by atoms with Crippen LogP contribution in [0.5, 0.6) is 17.2 Å². The summed E-state index contributed by atoms with van der Waals surface area (Å²) in [5.41, 5.74) is -0.633. The largest absolute Gasteiger partial charge is 0.494 e. The second-order valence-electron chi connectivity index (χ2n) is 9.87. The number of rotatable bonds is 14. The van der Waals surface area contributed by atoms with Gasteiger partial charge in [-0.15, -0.1) is 0 Å². The number of carboxylic acid groups (broad SMARTS) is 1. The summed E-state index contributed by atoms with van der Waals surface area (Å²) in [6, 6.07) is 13.9. The summed E-state index contributed by atoms with van der Waals surface area (Å²) in [5, 5.41) is 18.4. The lowest BCUT2D eigenvalue weighted by Gasteiger charge is -2.32. The molecule has 0 aliphatic rings. The maximum absolute atomic E-state index is 13.3. The van der Waals surface area contributed by atoms with Crippen molar-refractivity contribution in [3.05, 3.63) is 53.6 Å². The maximum Gasteiger partial charge on any atom is 0.347 e. The van der Waals surface area contributed by atoms with Gasteiger partial charge in [0.25, 0.3) is 5.91 Å². The van der Waals surface area contributed by atoms with Gasteiger partial charge in [-0.25, -0.2) is 4.79 Å². The fourth-order valence-corrected chi connectivity index (χ4v) is 3.76. The van der Waals surface area contributed by atoms with Crippen molar-refractivity contribution in [3.8, 4) is 23.3 Å². The quantitative estimate of drug-likeness (QED) is 0.325. The zero-order chi connectivity index (χ0) is 27.6. The number of aliphatic carboxylic acids is 1. The molecule has 0 aliphatic heterocycles. The van der Waals surface area contributed by atoms with Crippen LogP contribution in [0.4, 0.5) is 0 Å². The minimum Gasteiger partial charge on any atom is -0.494 e. The van der Waals surface area contributed by atoms with Crippen molar-refractivity contribution in [1.29, 1.82) is 5.26 Å². The standard InChI is InChI=1S/C29H38N2O6/c1-20(2)31(21(3)4)27(32)25-15-14-24(18-26(25)37-29(5,6)28(33)34)36-17-9-7-8-16-35-23-12-10-22(19-30)11-13-23/h10-15,18,20-21H,7-9,16-17H2,1-6H3,(H,33,34). The third-order valence-corrected chi connectivity index (χ3v) is 5.72. The molecule has 8 nitrogen and oxygen atoms in total. The van der Waals surface area contributed by atoms with Crippen molar-refractivity contribution >= 4 is 11.9 Å². The fourth-order valence-electron chi connectivity index (χ4n) is 3.76. The fraction of sp³-hybridized carbons (Fsp3) is 0.483. The van der Waals surface area contributed by atoms with Gasteiger partial charge in [0, 0.05) is 18.2 Å². The minimum atomic E-state index is -1.52. The second kappa shape index (κ2) is 13.5. The van der Waals surface area contributed by atoms with E-state index >= 15 is 0 Å². The van der Waals surface area contributed by atoms with Crippen molar-refractivity contribution in [3.63, 3.8) is 0 Å². The number of hydrogen-bond acceptors (Lipinski definition) is 6. The number of ether oxygens (including phenoxy) is 3. The molecule has 0 saturated carbocycles. The molecule has 0 fully saturated rings. The van der Waals surface area contributed by atoms with Crippen LogP contribution < -0.4 is 14.2 Å². The molecule has 0 bridgehead atoms. The van der Waals surface area contributed by atoms with Crippen LogP contribution in [-0.2, 0) is 4.79 Å². The summed E-state index contributed by atoms with van der Waals surface area (Å²) >= 11 is 0. The number of carbonyl (C=O) groups is 2. The smallest absolute Gasteiger partial charge is 0.347 e. The number of nitriles is 1. The molecular weight excluding hydrogens is 472 g/mol. The van der Waals surface area contributed by atoms with Gasteiger partial charge in [-0.2, -0.15) is 5.26 Å². The highest BCUT2D eigenvalue weighted by atomic mass is 16.5. The van der Waals surface area contributed by atoms with E-state index in [1.807, 2.05) is 27.7 Å². The second-order valence-corrected chi connectivity index (χ2v) is 9.87. The summed E-state index contributed by atoms with van der Waals surface area (Å²) in [4.78, 5) is 26.8. The van der Waals surface area contributed by atoms with Gasteiger partial charge >= 0.3 is 5.97 Å². The highest BCUT2D eigenvalue weighted by molar-refractivity contribution is 5.97. The molecule has 0 aromatic heterocycles. The van der Waals surface area contributed by atoms with Gasteiger partial charge in [-0.05, 0) is 97.2 Å². The van der Waals surface area contributed by atoms with Crippen molar-refractivity contribution in [2.24, 2.45) is 0 Å². The molecule has 0 unspecified atom stereocenters. The Hall–Kier alpha value is -3.73. The molecule has 0 heterocycles. The molecule has 2 rings (SSSR count). The van der Waals surface area contributed by atoms with Crippen molar-refractivity contribution in [2.45, 2.75) is 78.5 Å². The predicted molar refractivity (Wildman–Crippen MR) is 141 cm³/mol. The molecule has 0 radical (unpaired) electrons. The zero-order valence-electron chi connectivity index (χ0n) is 22.6. The first-order chi connectivity index (χ1) is 17.5. The van der Waals surface area contributed by atoms with Crippen LogP contribution >= 0.6 is 0 Å². The van der Waals surface area contributed by atoms with E-state index in [1.54, 1.807) is 47.4 Å². The normalized spacial score (nSPS) is 11.2. The summed E-state index contributed by atoms with van der Waals surface area (Å²) < 4.78 is 17.4. The first-order valence-corrected chi connectivity index (χ1v) is 12.6. The molecule has 37 heavy (non-hydrogen) atoms. The Bertz CT molecular complexity index is 1080. The van der Waals surface area contributed by atoms with Gasteiger partial charge < -0.3 is 24.2 Å². The van der Waals surface area contributed by atoms with Crippen LogP contribution in [0, 0.1) is 11.3 Å². The van der Waals surface area contributed by atoms with Gasteiger partial charge in [-0.1, -0.05) is 0 Å². The van der Waals surface area contributed by atoms with Crippen molar-refractivity contribution < 1.29 is 28.9 Å². The molecular formula is C29H38N2O6. The van der Waals surface area contributed by atoms with Crippen molar-refractivity contribution in [1.82, 2.24) is 4.90 Å². The van der Waals surface area contributed by atoms with Gasteiger partial charge in [0.15, 0.2) is 5.60 Å². The number of carboxylic acids is 1. The maximum atomic E-state index is 13.3. The zero-order valence-corrected chi connectivity index (χ0v) is 22.6. The highest BCUT2D eigenvalue weighted by Crippen LogP contribution is 2.30. The van der Waals surface area contributed by atoms with Gasteiger partial charge in [0.05, 0.1) is 30.4 Å². The predicted octanol–water partition coefficient (Wildman–Crippen LogP) is 5.69. The lowest BCUT2D eigenvalue weighted by Crippen LogP contribution is -2.43. The van der Waals surface area contributed by atoms with E-state index in [1.165, 1.54) is 13.8 Å². The van der Waals surface area contributed by atoms with E-state index in [0.717, 1.165) is 25.0 Å². The Labute approximate surface area is 219 Å². The van der Waals surface area contributed by atoms with Gasteiger partial charge in [0.1, 0.15) is 17.2 Å². The van der Waals surface area contributed by atoms with Crippen LogP contribution in [0.1, 0.15) is 76.7 Å². The first kappa shape index (κ1) is 29.5. The number of benzene rings is 2. The van der Waals surface area contributed by atoms with Crippen LogP contribution in [0.2, 0.25) is 0 Å². The van der Waals surface area contributed by atoms with E-state index in [0.29, 0.717) is 30.1 Å². The molecule has 0 spiro atoms. The third-order valence-electron chi connectivity index (χ3n) is 5.72. The van der Waals surface area contributed by atoms with Crippen LogP contribution in [0.15, 0.2) is 42.5 Å². The lowest BCUT2D eigenvalue weighted by atomic mass is 10.1. The highest BCUT2D eigenvalue weighted by Gasteiger charge is 2.32. The summed E-state index contributed by atoms with van der Waals surface area (Å²) in [7, 11) is 0. The monoisotopic (exact) mass is 510 g/mol. The van der Waals surface area contributed by atoms with E-state index < -0.39 is 11.6 Å². The third kappa shape index (κ3) is 8.71. The number of nitrogens with zero attached hydrogens (tertiary/aromatic N) is 2. The van der Waals surface area contributed by atoms with E-state index in [9.17, 15) is 14.7 Å². The number of amides is 1. The Kier molecular flexibility index (Phi) is 10.8. The molecule has 0 atom stereocenters. The Morgan fingerprint density at radius 3 is 1.97 bits per heavy atom. The van der Waals surface area contributed by atoms with Gasteiger partial charge in [0.2, 0.25) is 0 Å². The number of unbranched alkanes of at least 4 members (excludes halogenated alkanes) is 2. The average Bonchev–Trinajstić information content (AvgIpc) is 2.83. The Balaban J connectivity index is 1.99. The lowest BCUT2D eigenvalue weighted by molar-refractivity contribution is -0.152.